The van der Waals surface area contributed by atoms with Gasteiger partial charge in [0.1, 0.15) is 61.5 Å². The second kappa shape index (κ2) is 59.8. The van der Waals surface area contributed by atoms with Crippen molar-refractivity contribution in [1.82, 2.24) is 0 Å². The summed E-state index contributed by atoms with van der Waals surface area (Å²) in [4.78, 5) is 0. The summed E-state index contributed by atoms with van der Waals surface area (Å²) in [7, 11) is -7.13. The van der Waals surface area contributed by atoms with Crippen LogP contribution in [-0.4, -0.2) is 159 Å². The van der Waals surface area contributed by atoms with E-state index in [0.717, 1.165) is 69.8 Å². The van der Waals surface area contributed by atoms with Gasteiger partial charge in [-0.3, -0.25) is 0 Å². The first-order chi connectivity index (χ1) is 76.9. The van der Waals surface area contributed by atoms with Gasteiger partial charge in [0.25, 0.3) is 0 Å². The zero-order chi connectivity index (χ0) is 129. The maximum Gasteiger partial charge on any atom is 0.160 e. The topological polar surface area (TPSA) is 240 Å². The Balaban J connectivity index is 0.000000321. The van der Waals surface area contributed by atoms with Crippen molar-refractivity contribution in [3.8, 4) is 86.2 Å². The molecule has 5 N–H and O–H groups in total. The van der Waals surface area contributed by atoms with Crippen LogP contribution in [0.5, 0.6) is 86.2 Å². The van der Waals surface area contributed by atoms with Crippen molar-refractivity contribution in [2.75, 3.05) is 104 Å². The summed E-state index contributed by atoms with van der Waals surface area (Å²) in [5.74, 6) is 0.466. The van der Waals surface area contributed by atoms with Gasteiger partial charge in [0, 0.05) is 19.2 Å². The van der Waals surface area contributed by atoms with E-state index in [4.69, 9.17) is 131 Å². The van der Waals surface area contributed by atoms with Gasteiger partial charge in [-0.1, -0.05) is 123 Å². The highest BCUT2D eigenvalue weighted by molar-refractivity contribution is 5.47. The lowest BCUT2D eigenvalue weighted by Gasteiger charge is -2.13. The van der Waals surface area contributed by atoms with Crippen LogP contribution in [0.25, 0.3) is 0 Å². The molecule has 0 fully saturated rings. The molecule has 0 bridgehead atoms. The summed E-state index contributed by atoms with van der Waals surface area (Å²) >= 11 is 0. The number of aryl methyl sites for hydroxylation is 10. The molecule has 0 radical (unpaired) electrons. The molecule has 0 spiro atoms. The molecule has 10 aromatic carbocycles. The quantitative estimate of drug-likeness (QED) is 0.0238. The summed E-state index contributed by atoms with van der Waals surface area (Å²) in [6.07, 6.45) is -37.0. The molecule has 0 saturated heterocycles. The van der Waals surface area contributed by atoms with Gasteiger partial charge < -0.3 is 96.6 Å². The Hall–Kier alpha value is -11.0. The molecular weight excluding hydrogens is 1580 g/mol. The zero-order valence-corrected chi connectivity index (χ0v) is 71.3. The van der Waals surface area contributed by atoms with Crippen molar-refractivity contribution < 1.29 is 157 Å². The third-order valence-electron chi connectivity index (χ3n) is 17.1. The first kappa shape index (κ1) is 54.8. The fraction of sp³-hybridized carbons (Fsp3) is 0.429. The lowest BCUT2D eigenvalue weighted by Crippen LogP contribution is -2.17. The van der Waals surface area contributed by atoms with Gasteiger partial charge in [-0.15, -0.1) is 0 Å². The van der Waals surface area contributed by atoms with Crippen LogP contribution in [0.4, 0.5) is 0 Å². The van der Waals surface area contributed by atoms with Gasteiger partial charge in [-0.05, 0) is 308 Å². The summed E-state index contributed by atoms with van der Waals surface area (Å²) in [5.41, 5.74) is 5.40. The Morgan fingerprint density at radius 1 is 0.256 bits per heavy atom. The van der Waals surface area contributed by atoms with Crippen LogP contribution >= 0.6 is 0 Å². The predicted octanol–water partition coefficient (Wildman–Crippen LogP) is 20.8. The van der Waals surface area contributed by atoms with Gasteiger partial charge >= 0.3 is 0 Å². The summed E-state index contributed by atoms with van der Waals surface area (Å²) in [6.45, 7) is -6.15. The lowest BCUT2D eigenvalue weighted by atomic mass is 10.0. The van der Waals surface area contributed by atoms with E-state index >= 15 is 0 Å². The largest absolute Gasteiger partial charge is 0.493 e. The highest BCUT2D eigenvalue weighted by Crippen LogP contribution is 2.34. The molecule has 0 aliphatic heterocycles. The minimum atomic E-state index is -3.21. The molecule has 0 heterocycles. The fourth-order valence-corrected chi connectivity index (χ4v) is 10.9. The molecule has 10 aromatic rings. The average molecular weight is 1770 g/mol. The molecule has 125 heavy (non-hydrogen) atoms. The highest BCUT2D eigenvalue weighted by Gasteiger charge is 2.15. The molecule has 0 saturated carbocycles. The minimum absolute atomic E-state index is 0.0119. The predicted molar refractivity (Wildman–Crippen MR) is 499 cm³/mol. The number of aliphatic hydroxyl groups is 5. The SMILES string of the molecule is [2H]C([2H])(CCCc1ccc(OC)c(OC)c1)C([2H])(O)C([2H])([2H])Oc1cccc(C)c1.[2H]C([2H])([2H])Oc1cc(CCCC([2H])([2H])C([2H])(O)C([2H])([2H])Oc2cccc(C)c2)ccc1OC.[2H]C([2H])([2H])Oc1ccc(C([2H])([2H])C([2H])([2H])CCC([2H])(O)C([2H])([2H])Oc2cccc(C)c2)cc1OC.[2H]C([2H])([2H])Oc1ccc(C([2H])([2H])C([2H])([2H])CCC([2H])(O)C([2H])([2H])Oc2cccc(C)c2)cc1OC([2H])([2H])[2H].[2H]C([2H])([2H])Oc1ccc(CCCC([2H])([2H])C([2H])(O)C([2H])([2H])Oc2cccc(C)c2)cc1OC. The van der Waals surface area contributed by atoms with Crippen LogP contribution in [-0.2, 0) is 32.0 Å². The Bertz CT molecular complexity index is 6700. The molecule has 5 atom stereocenters. The molecule has 0 amide bonds. The van der Waals surface area contributed by atoms with E-state index in [9.17, 15) is 25.5 Å². The molecule has 20 heteroatoms. The molecule has 5 unspecified atom stereocenters. The Kier molecular flexibility index (Phi) is 26.2. The monoisotopic (exact) mass is 1770 g/mol. The van der Waals surface area contributed by atoms with Crippen molar-refractivity contribution in [3.05, 3.63) is 268 Å². The number of rotatable bonds is 50. The molecule has 10 rings (SSSR count). The van der Waals surface area contributed by atoms with E-state index < -0.39 is 186 Å². The van der Waals surface area contributed by atoms with Crippen molar-refractivity contribution in [1.29, 1.82) is 0 Å². The van der Waals surface area contributed by atoms with E-state index in [1.165, 1.54) is 108 Å². The summed E-state index contributed by atoms with van der Waals surface area (Å²) < 4.78 is 421. The van der Waals surface area contributed by atoms with Gasteiger partial charge in [-0.25, -0.2) is 0 Å². The Morgan fingerprint density at radius 2 is 0.480 bits per heavy atom. The molecule has 680 valence electrons. The molecule has 20 nitrogen and oxygen atoms in total. The first-order valence-electron chi connectivity index (χ1n) is 61.1. The maximum absolute atomic E-state index is 10.5. The number of ether oxygens (including phenoxy) is 15. The number of benzene rings is 10. The van der Waals surface area contributed by atoms with Gasteiger partial charge in [0.15, 0.2) is 57.5 Å². The van der Waals surface area contributed by atoms with Crippen molar-refractivity contribution in [3.63, 3.8) is 0 Å². The van der Waals surface area contributed by atoms with Crippen molar-refractivity contribution >= 4 is 0 Å². The fourth-order valence-electron chi connectivity index (χ4n) is 10.9. The second-order valence-corrected chi connectivity index (χ2v) is 26.9. The van der Waals surface area contributed by atoms with Crippen LogP contribution < -0.4 is 71.1 Å². The van der Waals surface area contributed by atoms with Gasteiger partial charge in [0.05, 0.1) is 142 Å². The maximum atomic E-state index is 10.5. The normalized spacial score (nSPS) is 20.2. The van der Waals surface area contributed by atoms with Crippen LogP contribution in [0.2, 0.25) is 0 Å². The molecule has 0 aromatic heterocycles. The summed E-state index contributed by atoms with van der Waals surface area (Å²) in [6, 6.07) is 52.5. The van der Waals surface area contributed by atoms with Gasteiger partial charge in [-0.2, -0.15) is 0 Å². The van der Waals surface area contributed by atoms with Crippen molar-refractivity contribution in [2.45, 2.75) is 193 Å². The van der Waals surface area contributed by atoms with E-state index in [1.54, 1.807) is 132 Å². The minimum Gasteiger partial charge on any atom is -0.493 e. The number of hydrogen-bond acceptors (Lipinski definition) is 20. The van der Waals surface area contributed by atoms with Gasteiger partial charge in [0.2, 0.25) is 0 Å². The lowest BCUT2D eigenvalue weighted by molar-refractivity contribution is 0.0976. The first-order valence-corrected chi connectivity index (χ1v) is 39.1. The van der Waals surface area contributed by atoms with Crippen molar-refractivity contribution in [2.24, 2.45) is 0 Å². The molecule has 0 aliphatic carbocycles. The zero-order valence-electron chi connectivity index (χ0n) is 115. The molecular formula is C105H140O20. The second-order valence-electron chi connectivity index (χ2n) is 26.9. The number of methoxy groups -OCH3 is 10. The smallest absolute Gasteiger partial charge is 0.160 e. The molecule has 0 aliphatic rings. The average Bonchev–Trinajstić information content (AvgIpc) is 0.773. The van der Waals surface area contributed by atoms with E-state index in [2.05, 4.69) is 0 Å². The summed E-state index contributed by atoms with van der Waals surface area (Å²) in [5, 5.41) is 52.6. The van der Waals surface area contributed by atoms with E-state index in [1.807, 2.05) is 6.07 Å². The third kappa shape index (κ3) is 41.1. The van der Waals surface area contributed by atoms with Crippen LogP contribution in [0.15, 0.2) is 212 Å². The Labute approximate surface area is 806 Å². The number of hydrogen-bond donors (Lipinski definition) is 5. The standard InChI is InChI=1S/5C21H28O4/c5*1-16-7-6-10-19(13-16)25-15-18(22)9-5-4-8-17-11-12-20(23-2)21(14-17)24-3/h5*6-7,10-14,18,22H,4-5,8-9,15H2,1-3H3/i2D3,3D3,4D2,8D2,15D2,18D;2D3,4D2,8D2,15D2,18D;3D3,9D2,15D2,18D;2D3,9D2,15D2,18D;9D2,15D2,18D. The van der Waals surface area contributed by atoms with E-state index in [0.29, 0.717) is 35.5 Å². The van der Waals surface area contributed by atoms with Crippen LogP contribution in [0.3, 0.4) is 0 Å². The Morgan fingerprint density at radius 3 is 0.728 bits per heavy atom. The van der Waals surface area contributed by atoms with E-state index in [-0.39, 0.29) is 114 Å². The third-order valence-corrected chi connectivity index (χ3v) is 17.1. The van der Waals surface area contributed by atoms with Crippen LogP contribution in [0.1, 0.15) is 212 Å². The van der Waals surface area contributed by atoms with Crippen LogP contribution in [0, 0.1) is 34.6 Å². The highest BCUT2D eigenvalue weighted by atomic mass is 16.5.